The fourth-order valence-electron chi connectivity index (χ4n) is 9.63. The van der Waals surface area contributed by atoms with Crippen LogP contribution in [0.3, 0.4) is 0 Å². The van der Waals surface area contributed by atoms with Gasteiger partial charge in [-0.2, -0.15) is 0 Å². The minimum Gasteiger partial charge on any atom is -0.310 e. The first-order valence-corrected chi connectivity index (χ1v) is 21.3. The minimum absolute atomic E-state index is 1.08. The molecule has 0 aliphatic heterocycles. The maximum Gasteiger partial charge on any atom is 0.0547 e. The largest absolute Gasteiger partial charge is 0.310 e. The van der Waals surface area contributed by atoms with Crippen molar-refractivity contribution in [1.82, 2.24) is 4.57 Å². The van der Waals surface area contributed by atoms with Gasteiger partial charge in [-0.3, -0.25) is 0 Å². The third kappa shape index (κ3) is 6.04. The van der Waals surface area contributed by atoms with Crippen molar-refractivity contribution in [3.63, 3.8) is 0 Å². The van der Waals surface area contributed by atoms with E-state index in [0.29, 0.717) is 0 Å². The summed E-state index contributed by atoms with van der Waals surface area (Å²) in [7, 11) is 0. The van der Waals surface area contributed by atoms with Gasteiger partial charge in [-0.25, -0.2) is 0 Å². The van der Waals surface area contributed by atoms with Gasteiger partial charge in [-0.05, 0) is 126 Å². The van der Waals surface area contributed by atoms with E-state index in [1.165, 1.54) is 87.5 Å². The van der Waals surface area contributed by atoms with Crippen molar-refractivity contribution in [1.29, 1.82) is 0 Å². The summed E-state index contributed by atoms with van der Waals surface area (Å²) in [4.78, 5) is 2.38. The van der Waals surface area contributed by atoms with Gasteiger partial charge in [0.25, 0.3) is 0 Å². The molecule has 0 spiro atoms. The predicted octanol–water partition coefficient (Wildman–Crippen LogP) is 16.7. The molecule has 62 heavy (non-hydrogen) atoms. The zero-order chi connectivity index (χ0) is 41.0. The van der Waals surface area contributed by atoms with E-state index in [0.717, 1.165) is 22.7 Å². The van der Waals surface area contributed by atoms with E-state index in [9.17, 15) is 0 Å². The molecule has 0 fully saturated rings. The highest BCUT2D eigenvalue weighted by atomic mass is 15.1. The number of para-hydroxylation sites is 1. The van der Waals surface area contributed by atoms with Crippen LogP contribution in [-0.4, -0.2) is 4.57 Å². The molecule has 0 N–H and O–H groups in total. The molecule has 1 heterocycles. The summed E-state index contributed by atoms with van der Waals surface area (Å²) >= 11 is 0. The van der Waals surface area contributed by atoms with Crippen LogP contribution in [0.1, 0.15) is 0 Å². The fourth-order valence-corrected chi connectivity index (χ4v) is 9.63. The zero-order valence-corrected chi connectivity index (χ0v) is 34.0. The monoisotopic (exact) mass is 788 g/mol. The van der Waals surface area contributed by atoms with E-state index in [-0.39, 0.29) is 0 Å². The maximum absolute atomic E-state index is 2.45. The van der Waals surface area contributed by atoms with Gasteiger partial charge in [0.15, 0.2) is 0 Å². The summed E-state index contributed by atoms with van der Waals surface area (Å²) in [6.45, 7) is 0. The van der Waals surface area contributed by atoms with Crippen molar-refractivity contribution >= 4 is 71.2 Å². The van der Waals surface area contributed by atoms with Crippen LogP contribution in [0.25, 0.3) is 93.2 Å². The quantitative estimate of drug-likeness (QED) is 0.156. The van der Waals surface area contributed by atoms with E-state index >= 15 is 0 Å². The van der Waals surface area contributed by atoms with E-state index in [1.807, 2.05) is 0 Å². The molecule has 11 aromatic carbocycles. The fraction of sp³-hybridized carbons (Fsp3) is 0. The molecule has 12 rings (SSSR count). The van der Waals surface area contributed by atoms with E-state index in [1.54, 1.807) is 0 Å². The Hall–Kier alpha value is -8.20. The van der Waals surface area contributed by atoms with Crippen molar-refractivity contribution in [3.8, 4) is 39.1 Å². The molecule has 0 aliphatic carbocycles. The summed E-state index contributed by atoms with van der Waals surface area (Å²) < 4.78 is 2.45. The first-order valence-electron chi connectivity index (χ1n) is 21.3. The molecule has 12 aromatic rings. The Kier molecular flexibility index (Phi) is 8.53. The smallest absolute Gasteiger partial charge is 0.0547 e. The van der Waals surface area contributed by atoms with Gasteiger partial charge in [0, 0.05) is 33.5 Å². The Morgan fingerprint density at radius 1 is 0.274 bits per heavy atom. The lowest BCUT2D eigenvalue weighted by atomic mass is 9.93. The minimum atomic E-state index is 1.08. The second kappa shape index (κ2) is 14.8. The Bertz CT molecular complexity index is 3610. The van der Waals surface area contributed by atoms with Crippen LogP contribution in [0.2, 0.25) is 0 Å². The number of aromatic nitrogens is 1. The molecule has 0 unspecified atom stereocenters. The summed E-state index contributed by atoms with van der Waals surface area (Å²) in [6, 6.07) is 88.5. The highest BCUT2D eigenvalue weighted by Crippen LogP contribution is 2.43. The summed E-state index contributed by atoms with van der Waals surface area (Å²) in [6.07, 6.45) is 0. The van der Waals surface area contributed by atoms with Crippen LogP contribution < -0.4 is 4.90 Å². The molecule has 0 atom stereocenters. The number of hydrogen-bond acceptors (Lipinski definition) is 1. The third-order valence-electron chi connectivity index (χ3n) is 12.5. The van der Waals surface area contributed by atoms with E-state index in [4.69, 9.17) is 0 Å². The molecular formula is C60H40N2. The average molecular weight is 789 g/mol. The van der Waals surface area contributed by atoms with E-state index < -0.39 is 0 Å². The lowest BCUT2D eigenvalue weighted by Crippen LogP contribution is -2.10. The molecule has 0 saturated carbocycles. The molecule has 0 saturated heterocycles. The van der Waals surface area contributed by atoms with Crippen LogP contribution in [-0.2, 0) is 0 Å². The van der Waals surface area contributed by atoms with Crippen LogP contribution in [0.5, 0.6) is 0 Å². The molecule has 0 amide bonds. The Morgan fingerprint density at radius 2 is 0.855 bits per heavy atom. The first kappa shape index (κ1) is 35.7. The van der Waals surface area contributed by atoms with Crippen molar-refractivity contribution in [2.75, 3.05) is 4.90 Å². The third-order valence-corrected chi connectivity index (χ3v) is 12.5. The maximum atomic E-state index is 2.45. The zero-order valence-electron chi connectivity index (χ0n) is 34.0. The Balaban J connectivity index is 1.03. The molecule has 0 radical (unpaired) electrons. The Labute approximate surface area is 360 Å². The number of nitrogens with zero attached hydrogens (tertiary/aromatic N) is 2. The summed E-state index contributed by atoms with van der Waals surface area (Å²) in [5.41, 5.74) is 14.0. The molecule has 0 bridgehead atoms. The highest BCUT2D eigenvalue weighted by Gasteiger charge is 2.20. The lowest BCUT2D eigenvalue weighted by molar-refractivity contribution is 1.17. The number of rotatable bonds is 7. The van der Waals surface area contributed by atoms with Gasteiger partial charge in [0.05, 0.1) is 11.0 Å². The van der Waals surface area contributed by atoms with Crippen LogP contribution in [0, 0.1) is 0 Å². The van der Waals surface area contributed by atoms with Gasteiger partial charge >= 0.3 is 0 Å². The van der Waals surface area contributed by atoms with Gasteiger partial charge in [0.1, 0.15) is 0 Å². The lowest BCUT2D eigenvalue weighted by Gasteiger charge is -2.27. The Morgan fingerprint density at radius 3 is 1.66 bits per heavy atom. The molecule has 2 heteroatoms. The van der Waals surface area contributed by atoms with Crippen LogP contribution >= 0.6 is 0 Å². The van der Waals surface area contributed by atoms with Gasteiger partial charge in [-0.1, -0.05) is 182 Å². The SMILES string of the molecule is c1ccc(-c2ccc(N(c3ccc(-c4cccc5ccccc45)cc3)c3cccc(-n4c5ccccc5c5c6c(-c7ccc8ccccc8c7)cccc6ccc54)c3)cc2)cc1. The number of fused-ring (bicyclic) bond motifs is 7. The first-order chi connectivity index (χ1) is 30.7. The molecule has 290 valence electrons. The number of hydrogen-bond donors (Lipinski definition) is 0. The normalized spacial score (nSPS) is 11.5. The molecular weight excluding hydrogens is 749 g/mol. The molecule has 0 aliphatic rings. The topological polar surface area (TPSA) is 8.17 Å². The van der Waals surface area contributed by atoms with Crippen LogP contribution in [0.4, 0.5) is 17.1 Å². The second-order valence-corrected chi connectivity index (χ2v) is 16.1. The standard InChI is InChI=1S/C60H40N2/c1-2-13-41(14-3-1)43-29-34-49(35-30-43)61(50-36-31-45(32-37-50)54-24-10-18-44-16-6-7-22-53(44)54)51-20-12-21-52(40-51)62-57-26-9-8-23-56(57)60-58(62)38-33-46-19-11-25-55(59(46)60)48-28-27-42-15-4-5-17-47(42)39-48/h1-40H. The van der Waals surface area contributed by atoms with Crippen molar-refractivity contribution in [3.05, 3.63) is 243 Å². The van der Waals surface area contributed by atoms with Crippen molar-refractivity contribution < 1.29 is 0 Å². The second-order valence-electron chi connectivity index (χ2n) is 16.1. The molecule has 2 nitrogen and oxygen atoms in total. The van der Waals surface area contributed by atoms with Gasteiger partial charge in [-0.15, -0.1) is 0 Å². The van der Waals surface area contributed by atoms with E-state index in [2.05, 4.69) is 252 Å². The summed E-state index contributed by atoms with van der Waals surface area (Å²) in [5.74, 6) is 0. The number of anilines is 3. The number of benzene rings is 11. The average Bonchev–Trinajstić information content (AvgIpc) is 3.69. The molecule has 1 aromatic heterocycles. The van der Waals surface area contributed by atoms with Gasteiger partial charge in [0.2, 0.25) is 0 Å². The van der Waals surface area contributed by atoms with Crippen LogP contribution in [0.15, 0.2) is 243 Å². The van der Waals surface area contributed by atoms with Gasteiger partial charge < -0.3 is 9.47 Å². The highest BCUT2D eigenvalue weighted by molar-refractivity contribution is 6.25. The predicted molar refractivity (Wildman–Crippen MR) is 264 cm³/mol. The summed E-state index contributed by atoms with van der Waals surface area (Å²) in [5, 5.41) is 10.0. The van der Waals surface area contributed by atoms with Crippen molar-refractivity contribution in [2.45, 2.75) is 0 Å². The van der Waals surface area contributed by atoms with Crippen molar-refractivity contribution in [2.24, 2.45) is 0 Å².